The van der Waals surface area contributed by atoms with Crippen LogP contribution < -0.4 is 0 Å². The third kappa shape index (κ3) is 2.80. The number of rotatable bonds is 5. The predicted molar refractivity (Wildman–Crippen MR) is 71.0 cm³/mol. The molecule has 1 unspecified atom stereocenters. The van der Waals surface area contributed by atoms with Crippen LogP contribution in [0.1, 0.15) is 49.3 Å². The second-order valence-electron chi connectivity index (χ2n) is 4.47. The molecule has 0 aliphatic heterocycles. The Labute approximate surface area is 102 Å². The number of hydrogen-bond acceptors (Lipinski definition) is 2. The van der Waals surface area contributed by atoms with Crippen molar-refractivity contribution in [1.29, 1.82) is 0 Å². The maximum atomic E-state index is 10.0. The lowest BCUT2D eigenvalue weighted by Crippen LogP contribution is -2.10. The standard InChI is InChI=1S/C14H20OS/c1-2-16-10-14(15)13-8-4-7-12(9-13)11-5-3-6-11/h4,7-9,11,14-15H,2-3,5-6,10H2,1H3. The Morgan fingerprint density at radius 3 is 2.88 bits per heavy atom. The fourth-order valence-electron chi connectivity index (χ4n) is 2.09. The van der Waals surface area contributed by atoms with E-state index in [0.29, 0.717) is 0 Å². The van der Waals surface area contributed by atoms with E-state index in [9.17, 15) is 5.11 Å². The zero-order chi connectivity index (χ0) is 11.4. The average molecular weight is 236 g/mol. The van der Waals surface area contributed by atoms with Crippen LogP contribution in [0.2, 0.25) is 0 Å². The number of benzene rings is 1. The summed E-state index contributed by atoms with van der Waals surface area (Å²) in [5.74, 6) is 2.63. The van der Waals surface area contributed by atoms with E-state index < -0.39 is 0 Å². The van der Waals surface area contributed by atoms with Gasteiger partial charge in [0, 0.05) is 5.75 Å². The summed E-state index contributed by atoms with van der Waals surface area (Å²) in [7, 11) is 0. The Hall–Kier alpha value is -0.470. The van der Waals surface area contributed by atoms with E-state index in [2.05, 4.69) is 25.1 Å². The summed E-state index contributed by atoms with van der Waals surface area (Å²) in [4.78, 5) is 0. The molecule has 2 heteroatoms. The smallest absolute Gasteiger partial charge is 0.0880 e. The Morgan fingerprint density at radius 1 is 1.44 bits per heavy atom. The lowest BCUT2D eigenvalue weighted by Gasteiger charge is -2.26. The molecule has 0 amide bonds. The van der Waals surface area contributed by atoms with E-state index in [1.54, 1.807) is 11.8 Å². The highest BCUT2D eigenvalue weighted by Crippen LogP contribution is 2.37. The van der Waals surface area contributed by atoms with Crippen molar-refractivity contribution in [1.82, 2.24) is 0 Å². The van der Waals surface area contributed by atoms with Crippen molar-refractivity contribution < 1.29 is 5.11 Å². The highest BCUT2D eigenvalue weighted by Gasteiger charge is 2.20. The highest BCUT2D eigenvalue weighted by atomic mass is 32.2. The van der Waals surface area contributed by atoms with Gasteiger partial charge in [-0.3, -0.25) is 0 Å². The van der Waals surface area contributed by atoms with Crippen molar-refractivity contribution in [3.63, 3.8) is 0 Å². The van der Waals surface area contributed by atoms with Crippen LogP contribution in [0.25, 0.3) is 0 Å². The van der Waals surface area contributed by atoms with Gasteiger partial charge in [-0.1, -0.05) is 37.6 Å². The van der Waals surface area contributed by atoms with Crippen molar-refractivity contribution in [2.45, 2.75) is 38.2 Å². The van der Waals surface area contributed by atoms with Crippen molar-refractivity contribution in [2.75, 3.05) is 11.5 Å². The van der Waals surface area contributed by atoms with Crippen LogP contribution in [0.5, 0.6) is 0 Å². The van der Waals surface area contributed by atoms with Gasteiger partial charge >= 0.3 is 0 Å². The largest absolute Gasteiger partial charge is 0.388 e. The normalized spacial score (nSPS) is 18.1. The second kappa shape index (κ2) is 5.74. The van der Waals surface area contributed by atoms with E-state index in [1.165, 1.54) is 24.8 Å². The molecule has 1 aliphatic carbocycles. The molecule has 1 aliphatic rings. The van der Waals surface area contributed by atoms with Crippen LogP contribution in [0, 0.1) is 0 Å². The molecule has 0 heterocycles. The Balaban J connectivity index is 2.02. The molecule has 16 heavy (non-hydrogen) atoms. The van der Waals surface area contributed by atoms with Gasteiger partial charge in [-0.25, -0.2) is 0 Å². The minimum absolute atomic E-state index is 0.301. The average Bonchev–Trinajstić information content (AvgIpc) is 2.24. The predicted octanol–water partition coefficient (Wildman–Crippen LogP) is 3.74. The molecule has 0 aromatic heterocycles. The molecule has 0 bridgehead atoms. The number of aliphatic hydroxyl groups is 1. The van der Waals surface area contributed by atoms with Crippen LogP contribution in [-0.2, 0) is 0 Å². The van der Waals surface area contributed by atoms with Gasteiger partial charge in [0.2, 0.25) is 0 Å². The minimum atomic E-state index is -0.301. The fourth-order valence-corrected chi connectivity index (χ4v) is 2.74. The summed E-state index contributed by atoms with van der Waals surface area (Å²) in [5, 5.41) is 10.0. The molecule has 1 nitrogen and oxygen atoms in total. The first-order chi connectivity index (χ1) is 7.81. The lowest BCUT2D eigenvalue weighted by atomic mass is 9.79. The molecular weight excluding hydrogens is 216 g/mol. The van der Waals surface area contributed by atoms with Gasteiger partial charge in [0.15, 0.2) is 0 Å². The molecule has 1 aromatic carbocycles. The monoisotopic (exact) mass is 236 g/mol. The van der Waals surface area contributed by atoms with E-state index in [0.717, 1.165) is 23.0 Å². The van der Waals surface area contributed by atoms with Gasteiger partial charge < -0.3 is 5.11 Å². The lowest BCUT2D eigenvalue weighted by molar-refractivity contribution is 0.204. The van der Waals surface area contributed by atoms with Gasteiger partial charge in [0.25, 0.3) is 0 Å². The van der Waals surface area contributed by atoms with Gasteiger partial charge in [0.05, 0.1) is 6.10 Å². The van der Waals surface area contributed by atoms with Crippen molar-refractivity contribution in [2.24, 2.45) is 0 Å². The molecule has 1 N–H and O–H groups in total. The van der Waals surface area contributed by atoms with E-state index in [1.807, 2.05) is 6.07 Å². The first-order valence-corrected chi connectivity index (χ1v) is 7.32. The third-order valence-corrected chi connectivity index (χ3v) is 4.31. The number of hydrogen-bond donors (Lipinski definition) is 1. The Morgan fingerprint density at radius 2 is 2.25 bits per heavy atom. The second-order valence-corrected chi connectivity index (χ2v) is 5.79. The highest BCUT2D eigenvalue weighted by molar-refractivity contribution is 7.99. The van der Waals surface area contributed by atoms with Gasteiger partial charge in [0.1, 0.15) is 0 Å². The number of thioether (sulfide) groups is 1. The molecule has 1 saturated carbocycles. The molecular formula is C14H20OS. The van der Waals surface area contributed by atoms with Crippen molar-refractivity contribution in [3.8, 4) is 0 Å². The third-order valence-electron chi connectivity index (χ3n) is 3.35. The number of aliphatic hydroxyl groups excluding tert-OH is 1. The SMILES string of the molecule is CCSCC(O)c1cccc(C2CCC2)c1. The zero-order valence-corrected chi connectivity index (χ0v) is 10.7. The Kier molecular flexibility index (Phi) is 4.30. The molecule has 0 saturated heterocycles. The molecule has 1 atom stereocenters. The van der Waals surface area contributed by atoms with Crippen LogP contribution in [0.3, 0.4) is 0 Å². The summed E-state index contributed by atoms with van der Waals surface area (Å²) in [6.07, 6.45) is 3.71. The quantitative estimate of drug-likeness (QED) is 0.840. The van der Waals surface area contributed by atoms with Crippen LogP contribution >= 0.6 is 11.8 Å². The fraction of sp³-hybridized carbons (Fsp3) is 0.571. The van der Waals surface area contributed by atoms with Gasteiger partial charge in [-0.15, -0.1) is 0 Å². The minimum Gasteiger partial charge on any atom is -0.388 e. The molecule has 0 spiro atoms. The maximum Gasteiger partial charge on any atom is 0.0880 e. The topological polar surface area (TPSA) is 20.2 Å². The van der Waals surface area contributed by atoms with E-state index in [4.69, 9.17) is 0 Å². The van der Waals surface area contributed by atoms with Gasteiger partial charge in [-0.2, -0.15) is 11.8 Å². The molecule has 2 rings (SSSR count). The summed E-state index contributed by atoms with van der Waals surface area (Å²) >= 11 is 1.80. The summed E-state index contributed by atoms with van der Waals surface area (Å²) in [6.45, 7) is 2.13. The van der Waals surface area contributed by atoms with Crippen molar-refractivity contribution >= 4 is 11.8 Å². The molecule has 1 fully saturated rings. The summed E-state index contributed by atoms with van der Waals surface area (Å²) in [6, 6.07) is 8.53. The van der Waals surface area contributed by atoms with E-state index in [-0.39, 0.29) is 6.10 Å². The summed E-state index contributed by atoms with van der Waals surface area (Å²) < 4.78 is 0. The first kappa shape index (κ1) is 12.0. The van der Waals surface area contributed by atoms with Crippen LogP contribution in [0.15, 0.2) is 24.3 Å². The molecule has 1 aromatic rings. The van der Waals surface area contributed by atoms with Crippen LogP contribution in [0.4, 0.5) is 0 Å². The Bertz CT molecular complexity index is 333. The van der Waals surface area contributed by atoms with Crippen molar-refractivity contribution in [3.05, 3.63) is 35.4 Å². The van der Waals surface area contributed by atoms with Gasteiger partial charge in [-0.05, 0) is 35.6 Å². The maximum absolute atomic E-state index is 10.0. The molecule has 88 valence electrons. The summed E-state index contributed by atoms with van der Waals surface area (Å²) in [5.41, 5.74) is 2.51. The first-order valence-electron chi connectivity index (χ1n) is 6.17. The van der Waals surface area contributed by atoms with E-state index >= 15 is 0 Å². The zero-order valence-electron chi connectivity index (χ0n) is 9.86. The van der Waals surface area contributed by atoms with Crippen LogP contribution in [-0.4, -0.2) is 16.6 Å². The molecule has 0 radical (unpaired) electrons.